The highest BCUT2D eigenvalue weighted by Gasteiger charge is 2.52. The van der Waals surface area contributed by atoms with E-state index in [0.717, 1.165) is 0 Å². The highest BCUT2D eigenvalue weighted by atomic mass is 35.5. The number of methoxy groups -OCH3 is 2. The van der Waals surface area contributed by atoms with Gasteiger partial charge in [-0.3, -0.25) is 10.1 Å². The van der Waals surface area contributed by atoms with Gasteiger partial charge >= 0.3 is 0 Å². The third-order valence-corrected chi connectivity index (χ3v) is 5.44. The van der Waals surface area contributed by atoms with E-state index in [4.69, 9.17) is 25.8 Å². The van der Waals surface area contributed by atoms with Gasteiger partial charge in [0.05, 0.1) is 11.0 Å². The Labute approximate surface area is 194 Å². The molecule has 0 aromatic heterocycles. The van der Waals surface area contributed by atoms with Gasteiger partial charge in [0.2, 0.25) is 12.2 Å². The predicted molar refractivity (Wildman–Crippen MR) is 120 cm³/mol. The number of anilines is 1. The minimum Gasteiger partial charge on any atom is -0.479 e. The fourth-order valence-corrected chi connectivity index (χ4v) is 3.88. The van der Waals surface area contributed by atoms with Gasteiger partial charge in [0, 0.05) is 42.6 Å². The van der Waals surface area contributed by atoms with Crippen molar-refractivity contribution in [1.29, 1.82) is 5.26 Å². The second-order valence-corrected chi connectivity index (χ2v) is 7.77. The summed E-state index contributed by atoms with van der Waals surface area (Å²) in [4.78, 5) is 14.5. The van der Waals surface area contributed by atoms with Crippen LogP contribution in [0, 0.1) is 21.6 Å². The Morgan fingerprint density at radius 1 is 1.36 bits per heavy atom. The van der Waals surface area contributed by atoms with E-state index in [1.165, 1.54) is 32.4 Å². The van der Waals surface area contributed by atoms with Crippen LogP contribution in [0.5, 0.6) is 5.75 Å². The number of aliphatic hydroxyl groups excluding tert-OH is 1. The summed E-state index contributed by atoms with van der Waals surface area (Å²) in [6.45, 7) is 1.58. The average molecular weight is 476 g/mol. The number of hydrogen-bond acceptors (Lipinski definition) is 8. The number of non-ortho nitro benzene ring substituents is 1. The number of halogens is 1. The van der Waals surface area contributed by atoms with Crippen LogP contribution in [0.25, 0.3) is 0 Å². The molecule has 0 saturated carbocycles. The summed E-state index contributed by atoms with van der Waals surface area (Å²) in [5.74, 6) is 0.251. The number of guanidine groups is 1. The van der Waals surface area contributed by atoms with Crippen LogP contribution >= 0.6 is 11.6 Å². The summed E-state index contributed by atoms with van der Waals surface area (Å²) in [5, 5.41) is 38.2. The molecular formula is C21H22ClN5O6. The predicted octanol–water partition coefficient (Wildman–Crippen LogP) is 2.96. The fraction of sp³-hybridized carbons (Fsp3) is 0.333. The summed E-state index contributed by atoms with van der Waals surface area (Å²) in [6.07, 6.45) is -0.648. The van der Waals surface area contributed by atoms with Gasteiger partial charge in [-0.2, -0.15) is 5.26 Å². The lowest BCUT2D eigenvalue weighted by Crippen LogP contribution is -2.62. The molecule has 0 amide bonds. The number of nitriles is 1. The number of aliphatic imine (C=N–C) groups is 1. The number of hydrogen-bond donors (Lipinski definition) is 3. The van der Waals surface area contributed by atoms with Gasteiger partial charge in [-0.1, -0.05) is 17.7 Å². The van der Waals surface area contributed by atoms with Crippen molar-refractivity contribution in [3.05, 3.63) is 63.2 Å². The monoisotopic (exact) mass is 475 g/mol. The molecular weight excluding hydrogens is 454 g/mol. The van der Waals surface area contributed by atoms with E-state index in [0.29, 0.717) is 16.3 Å². The molecule has 12 heteroatoms. The molecule has 174 valence electrons. The molecule has 2 aromatic carbocycles. The number of rotatable bonds is 6. The molecule has 3 atom stereocenters. The molecule has 0 unspecified atom stereocenters. The van der Waals surface area contributed by atoms with Crippen molar-refractivity contribution in [3.63, 3.8) is 0 Å². The standard InChI is InChI=1S/C21H22ClN5O6/c1-21(19(31-2)32-3)18(28)17(15-10-14(27(29)30)7-8-16(15)33-21)26-20(24-11-23)25-13-6-4-5-12(22)9-13/h4-10,17-19,28H,1-3H3,(H2,24,25,26)/t17-,18+,21-/m0/s1. The van der Waals surface area contributed by atoms with Gasteiger partial charge in [-0.05, 0) is 31.2 Å². The molecule has 1 aliphatic heterocycles. The number of ether oxygens (including phenoxy) is 3. The van der Waals surface area contributed by atoms with Crippen molar-refractivity contribution < 1.29 is 24.2 Å². The third-order valence-electron chi connectivity index (χ3n) is 5.21. The summed E-state index contributed by atoms with van der Waals surface area (Å²) >= 11 is 6.03. The van der Waals surface area contributed by atoms with E-state index in [1.807, 2.05) is 0 Å². The van der Waals surface area contributed by atoms with Gasteiger partial charge in [0.25, 0.3) is 5.69 Å². The first kappa shape index (κ1) is 24.2. The van der Waals surface area contributed by atoms with E-state index in [2.05, 4.69) is 15.6 Å². The zero-order valence-electron chi connectivity index (χ0n) is 18.0. The fourth-order valence-electron chi connectivity index (χ4n) is 3.69. The molecule has 0 fully saturated rings. The van der Waals surface area contributed by atoms with E-state index in [-0.39, 0.29) is 17.4 Å². The number of nitrogens with zero attached hydrogens (tertiary/aromatic N) is 3. The number of benzene rings is 2. The molecule has 1 heterocycles. The van der Waals surface area contributed by atoms with Crippen LogP contribution in [0.3, 0.4) is 0 Å². The highest BCUT2D eigenvalue weighted by Crippen LogP contribution is 2.43. The van der Waals surface area contributed by atoms with Crippen LogP contribution < -0.4 is 15.4 Å². The minimum atomic E-state index is -1.42. The van der Waals surface area contributed by atoms with Crippen molar-refractivity contribution in [3.8, 4) is 11.9 Å². The zero-order valence-corrected chi connectivity index (χ0v) is 18.7. The Morgan fingerprint density at radius 2 is 2.09 bits per heavy atom. The van der Waals surface area contributed by atoms with E-state index >= 15 is 0 Å². The van der Waals surface area contributed by atoms with Crippen molar-refractivity contribution >= 4 is 28.9 Å². The average Bonchev–Trinajstić information content (AvgIpc) is 2.77. The van der Waals surface area contributed by atoms with Crippen LogP contribution in [0.15, 0.2) is 47.5 Å². The molecule has 0 saturated heterocycles. The van der Waals surface area contributed by atoms with Crippen molar-refractivity contribution in [2.24, 2.45) is 4.99 Å². The second kappa shape index (κ2) is 10.0. The van der Waals surface area contributed by atoms with E-state index in [9.17, 15) is 20.5 Å². The van der Waals surface area contributed by atoms with Gasteiger partial charge in [-0.15, -0.1) is 4.99 Å². The Morgan fingerprint density at radius 3 is 2.70 bits per heavy atom. The smallest absolute Gasteiger partial charge is 0.270 e. The summed E-state index contributed by atoms with van der Waals surface area (Å²) in [6, 6.07) is 9.71. The quantitative estimate of drug-likeness (QED) is 0.143. The molecule has 33 heavy (non-hydrogen) atoms. The number of nitro benzene ring substituents is 1. The normalized spacial score (nSPS) is 22.2. The molecule has 3 rings (SSSR count). The lowest BCUT2D eigenvalue weighted by molar-refractivity contribution is -0.385. The molecule has 11 nitrogen and oxygen atoms in total. The topological polar surface area (TPSA) is 151 Å². The van der Waals surface area contributed by atoms with Crippen LogP contribution in [0.2, 0.25) is 5.02 Å². The van der Waals surface area contributed by atoms with Gasteiger partial charge in [0.1, 0.15) is 11.9 Å². The molecule has 0 radical (unpaired) electrons. The summed E-state index contributed by atoms with van der Waals surface area (Å²) in [5.41, 5.74) is -0.799. The minimum absolute atomic E-state index is 0.0168. The second-order valence-electron chi connectivity index (χ2n) is 7.33. The Kier molecular flexibility index (Phi) is 7.35. The van der Waals surface area contributed by atoms with Crippen LogP contribution in [0.4, 0.5) is 11.4 Å². The molecule has 1 aliphatic rings. The van der Waals surface area contributed by atoms with Crippen LogP contribution in [0.1, 0.15) is 18.5 Å². The van der Waals surface area contributed by atoms with Crippen LogP contribution in [-0.4, -0.2) is 48.2 Å². The summed E-state index contributed by atoms with van der Waals surface area (Å²) in [7, 11) is 2.79. The van der Waals surface area contributed by atoms with Gasteiger partial charge < -0.3 is 30.0 Å². The molecule has 2 aromatic rings. The molecule has 0 aliphatic carbocycles. The maximum absolute atomic E-state index is 11.4. The number of aliphatic hydroxyl groups is 1. The Balaban J connectivity index is 2.06. The first-order valence-electron chi connectivity index (χ1n) is 9.70. The van der Waals surface area contributed by atoms with Crippen molar-refractivity contribution in [2.45, 2.75) is 31.0 Å². The van der Waals surface area contributed by atoms with Crippen LogP contribution in [-0.2, 0) is 9.47 Å². The lowest BCUT2D eigenvalue weighted by Gasteiger charge is -2.46. The largest absolute Gasteiger partial charge is 0.479 e. The Hall–Kier alpha value is -3.43. The first-order valence-corrected chi connectivity index (χ1v) is 10.1. The van der Waals surface area contributed by atoms with Crippen molar-refractivity contribution in [1.82, 2.24) is 5.32 Å². The maximum atomic E-state index is 11.4. The Bertz CT molecular complexity index is 1100. The van der Waals surface area contributed by atoms with Crippen molar-refractivity contribution in [2.75, 3.05) is 19.5 Å². The number of fused-ring (bicyclic) bond motifs is 1. The highest BCUT2D eigenvalue weighted by molar-refractivity contribution is 6.30. The molecule has 0 spiro atoms. The zero-order chi connectivity index (χ0) is 24.2. The van der Waals surface area contributed by atoms with E-state index < -0.39 is 29.0 Å². The summed E-state index contributed by atoms with van der Waals surface area (Å²) < 4.78 is 16.7. The van der Waals surface area contributed by atoms with Gasteiger partial charge in [-0.25, -0.2) is 0 Å². The number of nitro groups is 1. The SMILES string of the molecule is COC(OC)[C@@]1(C)Oc2ccc([N+](=O)[O-])cc2[C@H](NC(=NC#N)Nc2cccc(Cl)c2)[C@H]1O. The lowest BCUT2D eigenvalue weighted by atomic mass is 9.84. The maximum Gasteiger partial charge on any atom is 0.270 e. The van der Waals surface area contributed by atoms with E-state index in [1.54, 1.807) is 37.4 Å². The molecule has 0 bridgehead atoms. The molecule has 3 N–H and O–H groups in total. The van der Waals surface area contributed by atoms with Gasteiger partial charge in [0.15, 0.2) is 11.9 Å². The first-order chi connectivity index (χ1) is 15.7. The third kappa shape index (κ3) is 4.99. The number of nitrogens with one attached hydrogen (secondary N) is 2.